The van der Waals surface area contributed by atoms with Crippen LogP contribution in [0.1, 0.15) is 35.9 Å². The summed E-state index contributed by atoms with van der Waals surface area (Å²) in [4.78, 5) is 39.4. The van der Waals surface area contributed by atoms with Crippen molar-refractivity contribution in [2.45, 2.75) is 26.3 Å². The van der Waals surface area contributed by atoms with Gasteiger partial charge in [-0.1, -0.05) is 12.1 Å². The molecule has 7 heteroatoms. The summed E-state index contributed by atoms with van der Waals surface area (Å²) in [6.07, 6.45) is 1.82. The zero-order chi connectivity index (χ0) is 22.8. The van der Waals surface area contributed by atoms with Gasteiger partial charge in [-0.2, -0.15) is 0 Å². The minimum atomic E-state index is 0.0839. The molecule has 2 saturated heterocycles. The molecule has 3 aromatic rings. The minimum Gasteiger partial charge on any atom is -0.368 e. The van der Waals surface area contributed by atoms with E-state index in [0.717, 1.165) is 86.8 Å². The fourth-order valence-electron chi connectivity index (χ4n) is 4.98. The zero-order valence-electron chi connectivity index (χ0n) is 19.2. The fraction of sp³-hybridized carbons (Fsp3) is 0.423. The average molecular weight is 446 g/mol. The molecule has 172 valence electrons. The number of hydrogen-bond donors (Lipinski definition) is 1. The molecule has 3 heterocycles. The van der Waals surface area contributed by atoms with Crippen molar-refractivity contribution in [2.75, 3.05) is 44.2 Å². The van der Waals surface area contributed by atoms with Gasteiger partial charge in [0.05, 0.1) is 17.6 Å². The molecule has 0 radical (unpaired) electrons. The lowest BCUT2D eigenvalue weighted by molar-refractivity contribution is -0.137. The minimum absolute atomic E-state index is 0.0839. The summed E-state index contributed by atoms with van der Waals surface area (Å²) in [7, 11) is 0. The van der Waals surface area contributed by atoms with E-state index >= 15 is 0 Å². The number of para-hydroxylation sites is 2. The lowest BCUT2D eigenvalue weighted by Gasteiger charge is -2.39. The highest BCUT2D eigenvalue weighted by Gasteiger charge is 2.30. The predicted octanol–water partition coefficient (Wildman–Crippen LogP) is 3.33. The van der Waals surface area contributed by atoms with Gasteiger partial charge in [-0.25, -0.2) is 4.98 Å². The molecule has 2 aliphatic rings. The van der Waals surface area contributed by atoms with E-state index in [-0.39, 0.29) is 11.7 Å². The molecule has 1 N–H and O–H groups in total. The van der Waals surface area contributed by atoms with Crippen LogP contribution in [0.5, 0.6) is 0 Å². The smallest absolute Gasteiger partial charge is 0.225 e. The largest absolute Gasteiger partial charge is 0.368 e. The van der Waals surface area contributed by atoms with Gasteiger partial charge in [-0.05, 0) is 69.3 Å². The molecule has 0 aliphatic carbocycles. The number of carbonyl (C=O) groups is 2. The third-order valence-electron chi connectivity index (χ3n) is 6.98. The number of Topliss-reactive ketones (excluding diaryl/α,β-unsaturated/α-hetero) is 1. The van der Waals surface area contributed by atoms with Crippen molar-refractivity contribution < 1.29 is 9.59 Å². The standard InChI is InChI=1S/C26H31N5O2/c1-19(32)20-6-8-22(9-7-20)30-14-16-31(17-15-30)26(33)21-10-12-29(13-11-21)18-25-27-23-4-2-3-5-24(23)28-25/h2-9,21H,10-18H2,1H3,(H,27,28). The van der Waals surface area contributed by atoms with Gasteiger partial charge in [-0.15, -0.1) is 0 Å². The van der Waals surface area contributed by atoms with Gasteiger partial charge in [-0.3, -0.25) is 14.5 Å². The van der Waals surface area contributed by atoms with Gasteiger partial charge in [0.25, 0.3) is 0 Å². The summed E-state index contributed by atoms with van der Waals surface area (Å²) in [5.41, 5.74) is 3.93. The van der Waals surface area contributed by atoms with Crippen LogP contribution in [0.25, 0.3) is 11.0 Å². The molecule has 0 atom stereocenters. The summed E-state index contributed by atoms with van der Waals surface area (Å²) >= 11 is 0. The first kappa shape index (κ1) is 21.6. The maximum atomic E-state index is 13.1. The van der Waals surface area contributed by atoms with Crippen molar-refractivity contribution in [1.29, 1.82) is 0 Å². The lowest BCUT2D eigenvalue weighted by Crippen LogP contribution is -2.51. The number of likely N-dealkylation sites (tertiary alicyclic amines) is 1. The second-order valence-electron chi connectivity index (χ2n) is 9.17. The number of amides is 1. The van der Waals surface area contributed by atoms with E-state index in [4.69, 9.17) is 0 Å². The molecule has 1 amide bonds. The van der Waals surface area contributed by atoms with Crippen LogP contribution < -0.4 is 4.90 Å². The Hall–Kier alpha value is -3.19. The molecule has 2 aliphatic heterocycles. The monoisotopic (exact) mass is 445 g/mol. The fourth-order valence-corrected chi connectivity index (χ4v) is 4.98. The molecule has 0 unspecified atom stereocenters. The number of nitrogens with one attached hydrogen (secondary N) is 1. The maximum absolute atomic E-state index is 13.1. The van der Waals surface area contributed by atoms with Crippen molar-refractivity contribution in [2.24, 2.45) is 5.92 Å². The van der Waals surface area contributed by atoms with Gasteiger partial charge in [0.2, 0.25) is 5.91 Å². The van der Waals surface area contributed by atoms with Gasteiger partial charge in [0, 0.05) is 43.3 Å². The van der Waals surface area contributed by atoms with E-state index in [9.17, 15) is 9.59 Å². The Bertz CT molecular complexity index is 1090. The lowest BCUT2D eigenvalue weighted by atomic mass is 9.95. The van der Waals surface area contributed by atoms with Crippen LogP contribution >= 0.6 is 0 Å². The van der Waals surface area contributed by atoms with E-state index in [1.54, 1.807) is 6.92 Å². The van der Waals surface area contributed by atoms with Crippen LogP contribution in [0.3, 0.4) is 0 Å². The van der Waals surface area contributed by atoms with Crippen molar-refractivity contribution in [3.8, 4) is 0 Å². The Kier molecular flexibility index (Phi) is 6.13. The highest BCUT2D eigenvalue weighted by molar-refractivity contribution is 5.94. The highest BCUT2D eigenvalue weighted by Crippen LogP contribution is 2.23. The number of piperazine rings is 1. The summed E-state index contributed by atoms with van der Waals surface area (Å²) in [5, 5.41) is 0. The number of imidazole rings is 1. The molecule has 7 nitrogen and oxygen atoms in total. The topological polar surface area (TPSA) is 72.5 Å². The Morgan fingerprint density at radius 3 is 2.30 bits per heavy atom. The van der Waals surface area contributed by atoms with Crippen LogP contribution in [0.4, 0.5) is 5.69 Å². The van der Waals surface area contributed by atoms with Gasteiger partial charge in [0.15, 0.2) is 5.78 Å². The predicted molar refractivity (Wildman–Crippen MR) is 129 cm³/mol. The first-order chi connectivity index (χ1) is 16.1. The molecule has 2 fully saturated rings. The van der Waals surface area contributed by atoms with Crippen LogP contribution in [-0.4, -0.2) is 70.7 Å². The third-order valence-corrected chi connectivity index (χ3v) is 6.98. The van der Waals surface area contributed by atoms with Crippen molar-refractivity contribution >= 4 is 28.4 Å². The van der Waals surface area contributed by atoms with E-state index < -0.39 is 0 Å². The van der Waals surface area contributed by atoms with Gasteiger partial charge in [0.1, 0.15) is 5.82 Å². The number of carbonyl (C=O) groups excluding carboxylic acids is 2. The Morgan fingerprint density at radius 1 is 0.939 bits per heavy atom. The van der Waals surface area contributed by atoms with Crippen LogP contribution in [0.15, 0.2) is 48.5 Å². The third kappa shape index (κ3) is 4.78. The number of benzene rings is 2. The normalized spacial score (nSPS) is 18.1. The van der Waals surface area contributed by atoms with Crippen molar-refractivity contribution in [3.63, 3.8) is 0 Å². The van der Waals surface area contributed by atoms with Crippen LogP contribution in [-0.2, 0) is 11.3 Å². The average Bonchev–Trinajstić information content (AvgIpc) is 3.26. The number of nitrogens with zero attached hydrogens (tertiary/aromatic N) is 4. The number of H-pyrrole nitrogens is 1. The van der Waals surface area contributed by atoms with Crippen molar-refractivity contribution in [1.82, 2.24) is 19.8 Å². The first-order valence-electron chi connectivity index (χ1n) is 11.9. The van der Waals surface area contributed by atoms with Crippen LogP contribution in [0, 0.1) is 5.92 Å². The molecule has 5 rings (SSSR count). The van der Waals surface area contributed by atoms with Gasteiger partial charge < -0.3 is 14.8 Å². The molecule has 1 aromatic heterocycles. The zero-order valence-corrected chi connectivity index (χ0v) is 19.2. The number of rotatable bonds is 5. The van der Waals surface area contributed by atoms with E-state index in [1.807, 2.05) is 47.4 Å². The SMILES string of the molecule is CC(=O)c1ccc(N2CCN(C(=O)C3CCN(Cc4nc5ccccc5[nH]4)CC3)CC2)cc1. The van der Waals surface area contributed by atoms with E-state index in [1.165, 1.54) is 0 Å². The van der Waals surface area contributed by atoms with Gasteiger partial charge >= 0.3 is 0 Å². The summed E-state index contributed by atoms with van der Waals surface area (Å²) in [5.74, 6) is 1.51. The summed E-state index contributed by atoms with van der Waals surface area (Å²) < 4.78 is 0. The van der Waals surface area contributed by atoms with Crippen molar-refractivity contribution in [3.05, 3.63) is 59.9 Å². The molecule has 2 aromatic carbocycles. The Balaban J connectivity index is 1.10. The highest BCUT2D eigenvalue weighted by atomic mass is 16.2. The summed E-state index contributed by atoms with van der Waals surface area (Å²) in [6, 6.07) is 15.9. The number of piperidine rings is 1. The molecular formula is C26H31N5O2. The van der Waals surface area contributed by atoms with E-state index in [2.05, 4.69) is 25.8 Å². The maximum Gasteiger partial charge on any atom is 0.225 e. The number of fused-ring (bicyclic) bond motifs is 1. The second kappa shape index (κ2) is 9.35. The molecule has 0 saturated carbocycles. The number of anilines is 1. The number of ketones is 1. The summed E-state index contributed by atoms with van der Waals surface area (Å²) in [6.45, 7) is 7.41. The molecule has 0 spiro atoms. The molecule has 33 heavy (non-hydrogen) atoms. The first-order valence-corrected chi connectivity index (χ1v) is 11.9. The Labute approximate surface area is 194 Å². The van der Waals surface area contributed by atoms with Crippen LogP contribution in [0.2, 0.25) is 0 Å². The number of aromatic amines is 1. The number of hydrogen-bond acceptors (Lipinski definition) is 5. The molecular weight excluding hydrogens is 414 g/mol. The number of aromatic nitrogens is 2. The second-order valence-corrected chi connectivity index (χ2v) is 9.17. The quantitative estimate of drug-likeness (QED) is 0.610. The molecule has 0 bridgehead atoms. The van der Waals surface area contributed by atoms with E-state index in [0.29, 0.717) is 5.91 Å². The Morgan fingerprint density at radius 2 is 1.64 bits per heavy atom.